The number of hydrogen-bond acceptors (Lipinski definition) is 4. The SMILES string of the molecule is O=C(O)CONC(=O)CCn1cccn1. The number of aliphatic carboxylic acids is 1. The Labute approximate surface area is 85.6 Å². The van der Waals surface area contributed by atoms with Gasteiger partial charge in [-0.05, 0) is 6.07 Å². The van der Waals surface area contributed by atoms with Crippen LogP contribution in [0.4, 0.5) is 0 Å². The van der Waals surface area contributed by atoms with Gasteiger partial charge in [-0.2, -0.15) is 5.10 Å². The molecule has 0 aromatic carbocycles. The number of nitrogens with zero attached hydrogens (tertiary/aromatic N) is 2. The lowest BCUT2D eigenvalue weighted by atomic mass is 10.4. The lowest BCUT2D eigenvalue weighted by Crippen LogP contribution is -2.27. The number of carbonyl (C=O) groups excluding carboxylic acids is 1. The Bertz CT molecular complexity index is 323. The zero-order valence-electron chi connectivity index (χ0n) is 7.92. The highest BCUT2D eigenvalue weighted by Gasteiger charge is 2.03. The summed E-state index contributed by atoms with van der Waals surface area (Å²) >= 11 is 0. The zero-order chi connectivity index (χ0) is 11.1. The average molecular weight is 213 g/mol. The van der Waals surface area contributed by atoms with Crippen LogP contribution in [0.5, 0.6) is 0 Å². The Morgan fingerprint density at radius 1 is 1.53 bits per heavy atom. The third-order valence-electron chi connectivity index (χ3n) is 1.51. The van der Waals surface area contributed by atoms with Crippen molar-refractivity contribution in [2.75, 3.05) is 6.61 Å². The summed E-state index contributed by atoms with van der Waals surface area (Å²) in [6, 6.07) is 1.75. The summed E-state index contributed by atoms with van der Waals surface area (Å²) in [7, 11) is 0. The van der Waals surface area contributed by atoms with Crippen molar-refractivity contribution in [1.29, 1.82) is 0 Å². The molecule has 82 valence electrons. The van der Waals surface area contributed by atoms with Crippen molar-refractivity contribution in [3.63, 3.8) is 0 Å². The molecule has 0 saturated heterocycles. The van der Waals surface area contributed by atoms with E-state index in [9.17, 15) is 9.59 Å². The van der Waals surface area contributed by atoms with E-state index in [1.54, 1.807) is 23.1 Å². The Kier molecular flexibility index (Phi) is 4.30. The predicted octanol–water partition coefficient (Wildman–Crippen LogP) is -0.594. The van der Waals surface area contributed by atoms with Crippen molar-refractivity contribution in [3.05, 3.63) is 18.5 Å². The standard InChI is InChI=1S/C8H11N3O4/c12-7(10-15-6-8(13)14)2-5-11-4-1-3-9-11/h1,3-4H,2,5-6H2,(H,10,12)(H,13,14). The fourth-order valence-corrected chi connectivity index (χ4v) is 0.878. The van der Waals surface area contributed by atoms with E-state index < -0.39 is 12.6 Å². The second-order valence-corrected chi connectivity index (χ2v) is 2.73. The van der Waals surface area contributed by atoms with Gasteiger partial charge in [0.25, 0.3) is 0 Å². The van der Waals surface area contributed by atoms with Gasteiger partial charge < -0.3 is 5.11 Å². The van der Waals surface area contributed by atoms with E-state index in [1.807, 2.05) is 5.48 Å². The van der Waals surface area contributed by atoms with Gasteiger partial charge in [-0.1, -0.05) is 0 Å². The first kappa shape index (κ1) is 11.2. The molecule has 0 bridgehead atoms. The maximum Gasteiger partial charge on any atom is 0.332 e. The van der Waals surface area contributed by atoms with E-state index in [-0.39, 0.29) is 12.3 Å². The minimum atomic E-state index is -1.14. The van der Waals surface area contributed by atoms with Crippen LogP contribution >= 0.6 is 0 Å². The first-order valence-corrected chi connectivity index (χ1v) is 4.28. The quantitative estimate of drug-likeness (QED) is 0.616. The number of carboxylic acids is 1. The molecular weight excluding hydrogens is 202 g/mol. The number of amides is 1. The number of hydrogen-bond donors (Lipinski definition) is 2. The summed E-state index contributed by atoms with van der Waals surface area (Å²) < 4.78 is 1.59. The molecule has 0 unspecified atom stereocenters. The molecule has 1 heterocycles. The van der Waals surface area contributed by atoms with Gasteiger partial charge in [0, 0.05) is 25.4 Å². The first-order chi connectivity index (χ1) is 7.18. The number of aryl methyl sites for hydroxylation is 1. The van der Waals surface area contributed by atoms with Crippen LogP contribution in [0.15, 0.2) is 18.5 Å². The van der Waals surface area contributed by atoms with Crippen molar-refractivity contribution >= 4 is 11.9 Å². The van der Waals surface area contributed by atoms with Crippen molar-refractivity contribution in [1.82, 2.24) is 15.3 Å². The molecule has 0 atom stereocenters. The topological polar surface area (TPSA) is 93.5 Å². The molecule has 7 heteroatoms. The van der Waals surface area contributed by atoms with Gasteiger partial charge in [0.05, 0.1) is 0 Å². The third kappa shape index (κ3) is 4.77. The van der Waals surface area contributed by atoms with Crippen molar-refractivity contribution in [3.8, 4) is 0 Å². The lowest BCUT2D eigenvalue weighted by molar-refractivity contribution is -0.149. The van der Waals surface area contributed by atoms with Crippen LogP contribution in [0.2, 0.25) is 0 Å². The summed E-state index contributed by atoms with van der Waals surface area (Å²) in [5.41, 5.74) is 2.02. The molecule has 0 spiro atoms. The van der Waals surface area contributed by atoms with E-state index in [0.29, 0.717) is 6.54 Å². The van der Waals surface area contributed by atoms with Crippen LogP contribution in [0.1, 0.15) is 6.42 Å². The Balaban J connectivity index is 2.11. The van der Waals surface area contributed by atoms with Crippen molar-refractivity contribution < 1.29 is 19.5 Å². The molecule has 0 fully saturated rings. The van der Waals surface area contributed by atoms with E-state index >= 15 is 0 Å². The van der Waals surface area contributed by atoms with Crippen LogP contribution in [0.3, 0.4) is 0 Å². The van der Waals surface area contributed by atoms with Crippen LogP contribution in [-0.2, 0) is 21.0 Å². The highest BCUT2D eigenvalue weighted by atomic mass is 16.7. The summed E-state index contributed by atoms with van der Waals surface area (Å²) in [5.74, 6) is -1.52. The molecule has 1 aromatic heterocycles. The van der Waals surface area contributed by atoms with Gasteiger partial charge in [-0.15, -0.1) is 0 Å². The predicted molar refractivity (Wildman–Crippen MR) is 48.6 cm³/mol. The van der Waals surface area contributed by atoms with Gasteiger partial charge in [0.2, 0.25) is 5.91 Å². The third-order valence-corrected chi connectivity index (χ3v) is 1.51. The van der Waals surface area contributed by atoms with E-state index in [4.69, 9.17) is 5.11 Å². The van der Waals surface area contributed by atoms with E-state index in [2.05, 4.69) is 9.94 Å². The monoisotopic (exact) mass is 213 g/mol. The molecule has 0 radical (unpaired) electrons. The molecule has 0 aliphatic heterocycles. The van der Waals surface area contributed by atoms with Crippen LogP contribution in [0.25, 0.3) is 0 Å². The second kappa shape index (κ2) is 5.76. The van der Waals surface area contributed by atoms with Gasteiger partial charge in [-0.25, -0.2) is 10.3 Å². The van der Waals surface area contributed by atoms with Gasteiger partial charge >= 0.3 is 5.97 Å². The number of carbonyl (C=O) groups is 2. The normalized spacial score (nSPS) is 9.87. The van der Waals surface area contributed by atoms with Gasteiger partial charge in [0.1, 0.15) is 0 Å². The molecule has 7 nitrogen and oxygen atoms in total. The highest BCUT2D eigenvalue weighted by molar-refractivity contribution is 5.75. The molecule has 15 heavy (non-hydrogen) atoms. The number of nitrogens with one attached hydrogen (secondary N) is 1. The molecular formula is C8H11N3O4. The number of aromatic nitrogens is 2. The average Bonchev–Trinajstić information content (AvgIpc) is 2.66. The fraction of sp³-hybridized carbons (Fsp3) is 0.375. The van der Waals surface area contributed by atoms with Gasteiger partial charge in [0.15, 0.2) is 6.61 Å². The lowest BCUT2D eigenvalue weighted by Gasteiger charge is -2.03. The zero-order valence-corrected chi connectivity index (χ0v) is 7.92. The van der Waals surface area contributed by atoms with E-state index in [1.165, 1.54) is 0 Å². The summed E-state index contributed by atoms with van der Waals surface area (Å²) in [5, 5.41) is 12.1. The largest absolute Gasteiger partial charge is 0.479 e. The maximum atomic E-state index is 11.0. The smallest absolute Gasteiger partial charge is 0.332 e. The van der Waals surface area contributed by atoms with Crippen LogP contribution in [0, 0.1) is 0 Å². The maximum absolute atomic E-state index is 11.0. The van der Waals surface area contributed by atoms with Crippen molar-refractivity contribution in [2.24, 2.45) is 0 Å². The van der Waals surface area contributed by atoms with Crippen molar-refractivity contribution in [2.45, 2.75) is 13.0 Å². The number of hydroxylamine groups is 1. The summed E-state index contributed by atoms with van der Waals surface area (Å²) in [6.07, 6.45) is 3.52. The molecule has 1 rings (SSSR count). The van der Waals surface area contributed by atoms with Gasteiger partial charge in [-0.3, -0.25) is 14.3 Å². The van der Waals surface area contributed by atoms with Crippen LogP contribution < -0.4 is 5.48 Å². The first-order valence-electron chi connectivity index (χ1n) is 4.28. The highest BCUT2D eigenvalue weighted by Crippen LogP contribution is 1.89. The molecule has 0 aliphatic rings. The second-order valence-electron chi connectivity index (χ2n) is 2.73. The molecule has 0 saturated carbocycles. The molecule has 0 aliphatic carbocycles. The molecule has 1 amide bonds. The Hall–Kier alpha value is -1.89. The van der Waals surface area contributed by atoms with Crippen LogP contribution in [-0.4, -0.2) is 33.4 Å². The Morgan fingerprint density at radius 2 is 2.33 bits per heavy atom. The van der Waals surface area contributed by atoms with E-state index in [0.717, 1.165) is 0 Å². The number of rotatable bonds is 6. The minimum Gasteiger partial charge on any atom is -0.479 e. The summed E-state index contributed by atoms with van der Waals surface area (Å²) in [4.78, 5) is 25.5. The Morgan fingerprint density at radius 3 is 2.93 bits per heavy atom. The number of carboxylic acid groups (broad SMARTS) is 1. The fourth-order valence-electron chi connectivity index (χ4n) is 0.878. The summed E-state index contributed by atoms with van der Waals surface area (Å²) in [6.45, 7) is -0.122. The molecule has 1 aromatic rings. The minimum absolute atomic E-state index is 0.182. The molecule has 2 N–H and O–H groups in total.